The van der Waals surface area contributed by atoms with Gasteiger partial charge in [-0.2, -0.15) is 0 Å². The highest BCUT2D eigenvalue weighted by molar-refractivity contribution is 6.31. The lowest BCUT2D eigenvalue weighted by molar-refractivity contribution is -0.114. The number of para-hydroxylation sites is 2. The van der Waals surface area contributed by atoms with Crippen LogP contribution in [0.3, 0.4) is 0 Å². The fourth-order valence-corrected chi connectivity index (χ4v) is 2.19. The van der Waals surface area contributed by atoms with Gasteiger partial charge in [0.15, 0.2) is 0 Å². The van der Waals surface area contributed by atoms with E-state index in [1.165, 1.54) is 0 Å². The van der Waals surface area contributed by atoms with Crippen molar-refractivity contribution in [3.05, 3.63) is 53.1 Å². The second-order valence-electron chi connectivity index (χ2n) is 5.53. The fraction of sp³-hybridized carbons (Fsp3) is 0.278. The van der Waals surface area contributed by atoms with E-state index in [9.17, 15) is 4.79 Å². The van der Waals surface area contributed by atoms with E-state index in [0.29, 0.717) is 16.5 Å². The average Bonchev–Trinajstić information content (AvgIpc) is 2.50. The van der Waals surface area contributed by atoms with Crippen LogP contribution in [0.25, 0.3) is 0 Å². The smallest absolute Gasteiger partial charge is 0.243 e. The number of amides is 1. The zero-order valence-corrected chi connectivity index (χ0v) is 14.3. The standard InChI is InChI=1S/C18H21ClN2O2/c1-12(2)23-17-7-5-4-6-16(17)21-18(22)11-20-14-9-8-13(3)15(19)10-14/h4-10,12,20H,11H2,1-3H3,(H,21,22). The molecule has 0 heterocycles. The van der Waals surface area contributed by atoms with Gasteiger partial charge in [-0.15, -0.1) is 0 Å². The van der Waals surface area contributed by atoms with E-state index < -0.39 is 0 Å². The Morgan fingerprint density at radius 2 is 1.96 bits per heavy atom. The molecule has 0 bridgehead atoms. The summed E-state index contributed by atoms with van der Waals surface area (Å²) in [5.41, 5.74) is 2.47. The monoisotopic (exact) mass is 332 g/mol. The molecule has 2 aromatic carbocycles. The summed E-state index contributed by atoms with van der Waals surface area (Å²) in [6.45, 7) is 5.97. The minimum atomic E-state index is -0.151. The maximum atomic E-state index is 12.1. The molecular weight excluding hydrogens is 312 g/mol. The first kappa shape index (κ1) is 17.2. The van der Waals surface area contributed by atoms with E-state index in [4.69, 9.17) is 16.3 Å². The predicted molar refractivity (Wildman–Crippen MR) is 95.5 cm³/mol. The number of rotatable bonds is 6. The third kappa shape index (κ3) is 5.18. The quantitative estimate of drug-likeness (QED) is 0.819. The van der Waals surface area contributed by atoms with Gasteiger partial charge < -0.3 is 15.4 Å². The number of aryl methyl sites for hydroxylation is 1. The van der Waals surface area contributed by atoms with E-state index in [-0.39, 0.29) is 18.6 Å². The van der Waals surface area contributed by atoms with Crippen molar-refractivity contribution in [2.75, 3.05) is 17.2 Å². The Morgan fingerprint density at radius 3 is 2.65 bits per heavy atom. The Morgan fingerprint density at radius 1 is 1.22 bits per heavy atom. The van der Waals surface area contributed by atoms with Crippen LogP contribution in [0.5, 0.6) is 5.75 Å². The lowest BCUT2D eigenvalue weighted by Gasteiger charge is -2.15. The number of anilines is 2. The Hall–Kier alpha value is -2.20. The zero-order chi connectivity index (χ0) is 16.8. The van der Waals surface area contributed by atoms with Gasteiger partial charge in [0.1, 0.15) is 5.75 Å². The molecule has 0 aliphatic heterocycles. The summed E-state index contributed by atoms with van der Waals surface area (Å²) >= 11 is 6.07. The summed E-state index contributed by atoms with van der Waals surface area (Å²) < 4.78 is 5.69. The van der Waals surface area contributed by atoms with Crippen LogP contribution >= 0.6 is 11.6 Å². The summed E-state index contributed by atoms with van der Waals surface area (Å²) in [6.07, 6.45) is 0.0425. The van der Waals surface area contributed by atoms with Gasteiger partial charge in [-0.05, 0) is 50.6 Å². The molecule has 0 aliphatic carbocycles. The van der Waals surface area contributed by atoms with Crippen molar-refractivity contribution < 1.29 is 9.53 Å². The molecular formula is C18H21ClN2O2. The van der Waals surface area contributed by atoms with Crippen molar-refractivity contribution in [2.45, 2.75) is 26.9 Å². The lowest BCUT2D eigenvalue weighted by atomic mass is 10.2. The topological polar surface area (TPSA) is 50.4 Å². The van der Waals surface area contributed by atoms with E-state index in [2.05, 4.69) is 10.6 Å². The van der Waals surface area contributed by atoms with Crippen LogP contribution in [0.15, 0.2) is 42.5 Å². The number of carbonyl (C=O) groups is 1. The second-order valence-corrected chi connectivity index (χ2v) is 5.94. The van der Waals surface area contributed by atoms with Crippen molar-refractivity contribution in [1.29, 1.82) is 0 Å². The normalized spacial score (nSPS) is 10.5. The number of hydrogen-bond acceptors (Lipinski definition) is 3. The minimum absolute atomic E-state index is 0.0425. The molecule has 0 spiro atoms. The highest BCUT2D eigenvalue weighted by Crippen LogP contribution is 2.25. The van der Waals surface area contributed by atoms with Crippen LogP contribution in [-0.2, 0) is 4.79 Å². The summed E-state index contributed by atoms with van der Waals surface area (Å²) in [6, 6.07) is 13.0. The van der Waals surface area contributed by atoms with E-state index in [0.717, 1.165) is 11.3 Å². The SMILES string of the molecule is Cc1ccc(NCC(=O)Nc2ccccc2OC(C)C)cc1Cl. The van der Waals surface area contributed by atoms with Gasteiger partial charge in [0.05, 0.1) is 18.3 Å². The van der Waals surface area contributed by atoms with Crippen LogP contribution in [0.4, 0.5) is 11.4 Å². The zero-order valence-electron chi connectivity index (χ0n) is 13.5. The van der Waals surface area contributed by atoms with Gasteiger partial charge >= 0.3 is 0 Å². The van der Waals surface area contributed by atoms with Gasteiger partial charge in [0, 0.05) is 10.7 Å². The summed E-state index contributed by atoms with van der Waals surface area (Å²) in [4.78, 5) is 12.1. The Bertz CT molecular complexity index is 686. The number of nitrogens with one attached hydrogen (secondary N) is 2. The molecule has 2 rings (SSSR count). The molecule has 2 N–H and O–H groups in total. The van der Waals surface area contributed by atoms with Gasteiger partial charge in [-0.25, -0.2) is 0 Å². The molecule has 0 saturated heterocycles. The molecule has 122 valence electrons. The Balaban J connectivity index is 1.96. The third-order valence-corrected chi connectivity index (χ3v) is 3.56. The first-order valence-corrected chi connectivity index (χ1v) is 7.89. The van der Waals surface area contributed by atoms with Crippen molar-refractivity contribution in [1.82, 2.24) is 0 Å². The second kappa shape index (κ2) is 7.88. The Kier molecular flexibility index (Phi) is 5.88. The van der Waals surface area contributed by atoms with Crippen LogP contribution < -0.4 is 15.4 Å². The molecule has 5 heteroatoms. The maximum absolute atomic E-state index is 12.1. The first-order chi connectivity index (χ1) is 11.0. The van der Waals surface area contributed by atoms with Gasteiger partial charge in [0.2, 0.25) is 5.91 Å². The lowest BCUT2D eigenvalue weighted by Crippen LogP contribution is -2.22. The predicted octanol–water partition coefficient (Wildman–Crippen LogP) is 4.49. The number of benzene rings is 2. The van der Waals surface area contributed by atoms with Crippen molar-refractivity contribution in [3.8, 4) is 5.75 Å². The number of carbonyl (C=O) groups excluding carboxylic acids is 1. The molecule has 0 aliphatic rings. The highest BCUT2D eigenvalue weighted by atomic mass is 35.5. The van der Waals surface area contributed by atoms with Crippen LogP contribution in [0.2, 0.25) is 5.02 Å². The molecule has 2 aromatic rings. The third-order valence-electron chi connectivity index (χ3n) is 3.15. The number of halogens is 1. The first-order valence-electron chi connectivity index (χ1n) is 7.51. The fourth-order valence-electron chi connectivity index (χ4n) is 2.01. The van der Waals surface area contributed by atoms with E-state index in [1.54, 1.807) is 6.07 Å². The molecule has 0 saturated carbocycles. The summed E-state index contributed by atoms with van der Waals surface area (Å²) in [5, 5.41) is 6.58. The molecule has 23 heavy (non-hydrogen) atoms. The number of ether oxygens (including phenoxy) is 1. The molecule has 0 radical (unpaired) electrons. The van der Waals surface area contributed by atoms with Crippen molar-refractivity contribution >= 4 is 28.9 Å². The largest absolute Gasteiger partial charge is 0.489 e. The van der Waals surface area contributed by atoms with Gasteiger partial charge in [0.25, 0.3) is 0 Å². The molecule has 0 aromatic heterocycles. The van der Waals surface area contributed by atoms with Crippen molar-refractivity contribution in [3.63, 3.8) is 0 Å². The molecule has 0 unspecified atom stereocenters. The molecule has 4 nitrogen and oxygen atoms in total. The average molecular weight is 333 g/mol. The Labute approximate surface area is 141 Å². The van der Waals surface area contributed by atoms with Crippen LogP contribution in [0, 0.1) is 6.92 Å². The van der Waals surface area contributed by atoms with Gasteiger partial charge in [-0.1, -0.05) is 29.8 Å². The summed E-state index contributed by atoms with van der Waals surface area (Å²) in [5.74, 6) is 0.510. The molecule has 1 amide bonds. The van der Waals surface area contributed by atoms with Crippen molar-refractivity contribution in [2.24, 2.45) is 0 Å². The number of hydrogen-bond donors (Lipinski definition) is 2. The maximum Gasteiger partial charge on any atom is 0.243 e. The van der Waals surface area contributed by atoms with Crippen LogP contribution in [0.1, 0.15) is 19.4 Å². The van der Waals surface area contributed by atoms with E-state index >= 15 is 0 Å². The molecule has 0 fully saturated rings. The minimum Gasteiger partial charge on any atom is -0.489 e. The molecule has 0 atom stereocenters. The highest BCUT2D eigenvalue weighted by Gasteiger charge is 2.09. The van der Waals surface area contributed by atoms with Gasteiger partial charge in [-0.3, -0.25) is 4.79 Å². The summed E-state index contributed by atoms with van der Waals surface area (Å²) in [7, 11) is 0. The van der Waals surface area contributed by atoms with E-state index in [1.807, 2.05) is 57.2 Å². The van der Waals surface area contributed by atoms with Crippen LogP contribution in [-0.4, -0.2) is 18.6 Å².